The molecule has 5 aliphatic carbocycles. The van der Waals surface area contributed by atoms with Gasteiger partial charge in [0.05, 0.1) is 24.7 Å². The predicted octanol–water partition coefficient (Wildman–Crippen LogP) is 5.40. The summed E-state index contributed by atoms with van der Waals surface area (Å²) in [5.74, 6) is 2.37. The number of carbonyl (C=O) groups excluding carboxylic acids is 2. The van der Waals surface area contributed by atoms with Gasteiger partial charge in [-0.05, 0) is 108 Å². The van der Waals surface area contributed by atoms with E-state index in [-0.39, 0.29) is 48.4 Å². The van der Waals surface area contributed by atoms with Crippen molar-refractivity contribution in [2.24, 2.45) is 52.8 Å². The molecule has 6 fully saturated rings. The highest BCUT2D eigenvalue weighted by molar-refractivity contribution is 5.83. The van der Waals surface area contributed by atoms with Crippen molar-refractivity contribution in [2.45, 2.75) is 161 Å². The number of fused-ring (bicyclic) bond motifs is 2. The van der Waals surface area contributed by atoms with Crippen molar-refractivity contribution in [3.05, 3.63) is 0 Å². The van der Waals surface area contributed by atoms with Crippen molar-refractivity contribution < 1.29 is 29.4 Å². The maximum Gasteiger partial charge on any atom is 0.240 e. The molecule has 6 rings (SSSR count). The average molecular weight is 733 g/mol. The van der Waals surface area contributed by atoms with Crippen LogP contribution in [0, 0.1) is 52.8 Å². The van der Waals surface area contributed by atoms with E-state index in [9.17, 15) is 19.8 Å². The van der Waals surface area contributed by atoms with Gasteiger partial charge < -0.3 is 30.5 Å². The quantitative estimate of drug-likeness (QED) is 0.157. The molecule has 0 aromatic heterocycles. The van der Waals surface area contributed by atoms with E-state index in [0.29, 0.717) is 35.6 Å². The Morgan fingerprint density at radius 1 is 1.02 bits per heavy atom. The third-order valence-corrected chi connectivity index (χ3v) is 15.2. The van der Waals surface area contributed by atoms with Gasteiger partial charge >= 0.3 is 0 Å². The van der Waals surface area contributed by atoms with Gasteiger partial charge in [-0.2, -0.15) is 5.06 Å². The first-order chi connectivity index (χ1) is 24.8. The first-order valence-electron chi connectivity index (χ1n) is 21.3. The van der Waals surface area contributed by atoms with Crippen molar-refractivity contribution >= 4 is 11.8 Å². The Balaban J connectivity index is 1.19. The minimum absolute atomic E-state index is 0.000917. The fraction of sp³-hybridized carbons (Fsp3) is 0.952. The number of methoxy groups -OCH3 is 1. The zero-order chi connectivity index (χ0) is 37.7. The lowest BCUT2D eigenvalue weighted by Gasteiger charge is -2.62. The molecule has 10 nitrogen and oxygen atoms in total. The number of ether oxygens (including phenoxy) is 1. The second-order valence-corrected chi connectivity index (χ2v) is 18.7. The molecule has 0 spiro atoms. The van der Waals surface area contributed by atoms with Crippen molar-refractivity contribution in [2.75, 3.05) is 40.9 Å². The summed E-state index contributed by atoms with van der Waals surface area (Å²) in [4.78, 5) is 36.2. The van der Waals surface area contributed by atoms with Gasteiger partial charge in [0.25, 0.3) is 0 Å². The standard InChI is InChI=1S/C42H76N4O6/c1-26-34-22-32(42(34,4)5)23-35(26)44-41(50)38-37(28(3)48)36(25-47)52-46(38)24-31-18-12-16-30(39(31)51-8)17-13-19-33(27(2)45(6)7)40(49)43-21-20-29-14-10-9-11-15-29/h26-39,47-48H,9-25H2,1-8H3,(H,43,49)(H,44,50)/t26-,27?,28-,30?,31?,32+,33?,34-,35-,36-,37-,38-,39?/m0/s1. The van der Waals surface area contributed by atoms with Crippen LogP contribution in [-0.2, 0) is 19.2 Å². The largest absolute Gasteiger partial charge is 0.394 e. The molecule has 6 aliphatic rings. The molecule has 4 N–H and O–H groups in total. The minimum atomic E-state index is -0.812. The van der Waals surface area contributed by atoms with E-state index in [0.717, 1.165) is 63.8 Å². The molecule has 5 unspecified atom stereocenters. The summed E-state index contributed by atoms with van der Waals surface area (Å²) < 4.78 is 6.25. The number of hydroxylamine groups is 2. The van der Waals surface area contributed by atoms with Crippen molar-refractivity contribution in [3.63, 3.8) is 0 Å². The maximum atomic E-state index is 14.2. The zero-order valence-electron chi connectivity index (χ0n) is 34.0. The summed E-state index contributed by atoms with van der Waals surface area (Å²) in [6.07, 6.45) is 14.4. The van der Waals surface area contributed by atoms with Crippen molar-refractivity contribution in [3.8, 4) is 0 Å². The summed E-state index contributed by atoms with van der Waals surface area (Å²) in [6, 6.07) is -0.422. The van der Waals surface area contributed by atoms with E-state index in [1.54, 1.807) is 19.1 Å². The van der Waals surface area contributed by atoms with Crippen LogP contribution in [0.15, 0.2) is 0 Å². The molecule has 300 valence electrons. The fourth-order valence-corrected chi connectivity index (χ4v) is 11.5. The van der Waals surface area contributed by atoms with E-state index < -0.39 is 24.2 Å². The first kappa shape index (κ1) is 41.9. The second kappa shape index (κ2) is 18.6. The molecule has 0 aromatic rings. The first-order valence-corrected chi connectivity index (χ1v) is 21.3. The number of hydrogen-bond donors (Lipinski definition) is 4. The average Bonchev–Trinajstić information content (AvgIpc) is 3.49. The second-order valence-electron chi connectivity index (χ2n) is 18.7. The number of aliphatic hydroxyl groups excluding tert-OH is 2. The van der Waals surface area contributed by atoms with Crippen LogP contribution in [0.3, 0.4) is 0 Å². The minimum Gasteiger partial charge on any atom is -0.394 e. The third kappa shape index (κ3) is 9.38. The topological polar surface area (TPSA) is 124 Å². The van der Waals surface area contributed by atoms with Crippen molar-refractivity contribution in [1.29, 1.82) is 0 Å². The lowest BCUT2D eigenvalue weighted by Crippen LogP contribution is -2.62. The summed E-state index contributed by atoms with van der Waals surface area (Å²) in [5.41, 5.74) is 0.325. The Morgan fingerprint density at radius 3 is 2.35 bits per heavy atom. The van der Waals surface area contributed by atoms with Crippen molar-refractivity contribution in [1.82, 2.24) is 20.6 Å². The summed E-state index contributed by atoms with van der Waals surface area (Å²) >= 11 is 0. The molecule has 2 bridgehead atoms. The predicted molar refractivity (Wildman–Crippen MR) is 205 cm³/mol. The van der Waals surface area contributed by atoms with E-state index in [1.807, 2.05) is 0 Å². The number of rotatable bonds is 17. The molecular formula is C42H76N4O6. The number of nitrogens with zero attached hydrogens (tertiary/aromatic N) is 2. The van der Waals surface area contributed by atoms with Gasteiger partial charge in [0.2, 0.25) is 11.8 Å². The van der Waals surface area contributed by atoms with Gasteiger partial charge in [-0.1, -0.05) is 65.7 Å². The highest BCUT2D eigenvalue weighted by atomic mass is 16.7. The van der Waals surface area contributed by atoms with Crippen LogP contribution in [0.4, 0.5) is 0 Å². The van der Waals surface area contributed by atoms with Crippen LogP contribution in [0.5, 0.6) is 0 Å². The van der Waals surface area contributed by atoms with E-state index in [2.05, 4.69) is 57.3 Å². The maximum absolute atomic E-state index is 14.2. The Morgan fingerprint density at radius 2 is 1.73 bits per heavy atom. The number of nitrogens with one attached hydrogen (secondary N) is 2. The number of aliphatic hydroxyl groups is 2. The molecule has 0 aromatic carbocycles. The number of carbonyl (C=O) groups is 2. The molecule has 5 saturated carbocycles. The van der Waals surface area contributed by atoms with Gasteiger partial charge in [-0.15, -0.1) is 0 Å². The fourth-order valence-electron chi connectivity index (χ4n) is 11.5. The van der Waals surface area contributed by atoms with Crippen LogP contribution in [0.25, 0.3) is 0 Å². The lowest BCUT2D eigenvalue weighted by molar-refractivity contribution is -0.192. The molecule has 10 heteroatoms. The smallest absolute Gasteiger partial charge is 0.240 e. The normalized spacial score (nSPS) is 36.9. The summed E-state index contributed by atoms with van der Waals surface area (Å²) in [7, 11) is 5.93. The van der Waals surface area contributed by atoms with Crippen LogP contribution in [0.2, 0.25) is 0 Å². The highest BCUT2D eigenvalue weighted by Gasteiger charge is 2.57. The number of hydrogen-bond acceptors (Lipinski definition) is 8. The Labute approximate surface area is 315 Å². The van der Waals surface area contributed by atoms with Crippen LogP contribution in [-0.4, -0.2) is 109 Å². The molecule has 52 heavy (non-hydrogen) atoms. The van der Waals surface area contributed by atoms with E-state index >= 15 is 0 Å². The van der Waals surface area contributed by atoms with Gasteiger partial charge in [0, 0.05) is 44.1 Å². The van der Waals surface area contributed by atoms with E-state index in [1.165, 1.54) is 38.5 Å². The summed E-state index contributed by atoms with van der Waals surface area (Å²) in [6.45, 7) is 11.9. The molecule has 1 saturated heterocycles. The Bertz CT molecular complexity index is 1150. The highest BCUT2D eigenvalue weighted by Crippen LogP contribution is 2.61. The van der Waals surface area contributed by atoms with E-state index in [4.69, 9.17) is 9.57 Å². The van der Waals surface area contributed by atoms with Crippen LogP contribution >= 0.6 is 0 Å². The number of amides is 2. The van der Waals surface area contributed by atoms with Gasteiger partial charge in [-0.25, -0.2) is 0 Å². The molecule has 13 atom stereocenters. The van der Waals surface area contributed by atoms with Gasteiger partial charge in [-0.3, -0.25) is 14.4 Å². The molecule has 2 amide bonds. The van der Waals surface area contributed by atoms with Crippen LogP contribution < -0.4 is 10.6 Å². The SMILES string of the molecule is COC1C(CCCC(C(=O)NCCC2CCCCC2)C(C)N(C)C)CCCC1CN1O[C@@H](CO)[C@H]([C@H](C)O)[C@H]1C(=O)N[C@H]1C[C@H]2C[C@@H]([C@@H]1C)C2(C)C. The summed E-state index contributed by atoms with van der Waals surface area (Å²) in [5, 5.41) is 29.8. The zero-order valence-corrected chi connectivity index (χ0v) is 34.0. The monoisotopic (exact) mass is 733 g/mol. The van der Waals surface area contributed by atoms with Gasteiger partial charge in [0.15, 0.2) is 0 Å². The molecular weight excluding hydrogens is 656 g/mol. The lowest BCUT2D eigenvalue weighted by atomic mass is 9.45. The Hall–Kier alpha value is -1.30. The van der Waals surface area contributed by atoms with Crippen LogP contribution in [0.1, 0.15) is 125 Å². The third-order valence-electron chi connectivity index (χ3n) is 15.2. The molecule has 0 radical (unpaired) electrons. The van der Waals surface area contributed by atoms with Gasteiger partial charge in [0.1, 0.15) is 12.1 Å². The molecule has 1 aliphatic heterocycles. The molecule has 1 heterocycles. The Kier molecular flexibility index (Phi) is 14.9.